The molecule has 1 aliphatic rings. The maximum atomic E-state index is 11.7. The van der Waals surface area contributed by atoms with E-state index in [2.05, 4.69) is 5.32 Å². The van der Waals surface area contributed by atoms with Gasteiger partial charge in [0.25, 0.3) is 11.8 Å². The van der Waals surface area contributed by atoms with Gasteiger partial charge in [-0.15, -0.1) is 0 Å². The van der Waals surface area contributed by atoms with Gasteiger partial charge in [0.1, 0.15) is 11.6 Å². The monoisotopic (exact) mass is 353 g/mol. The zero-order chi connectivity index (χ0) is 19.0. The van der Waals surface area contributed by atoms with E-state index < -0.39 is 17.6 Å². The first-order valence-electron chi connectivity index (χ1n) is 8.39. The summed E-state index contributed by atoms with van der Waals surface area (Å²) in [5.41, 5.74) is 5.06. The van der Waals surface area contributed by atoms with Crippen LogP contribution in [0.5, 0.6) is 0 Å². The van der Waals surface area contributed by atoms with Crippen LogP contribution in [0.3, 0.4) is 0 Å². The van der Waals surface area contributed by atoms with Crippen LogP contribution in [0.25, 0.3) is 0 Å². The van der Waals surface area contributed by atoms with Crippen LogP contribution in [-0.2, 0) is 23.9 Å². The summed E-state index contributed by atoms with van der Waals surface area (Å²) in [6.07, 6.45) is 4.78. The number of hydrogen-bond donors (Lipinski definition) is 2. The van der Waals surface area contributed by atoms with Gasteiger partial charge in [-0.05, 0) is 33.6 Å². The van der Waals surface area contributed by atoms with Crippen molar-refractivity contribution in [2.75, 3.05) is 13.1 Å². The lowest BCUT2D eigenvalue weighted by molar-refractivity contribution is -0.156. The number of rotatable bonds is 9. The maximum Gasteiger partial charge on any atom is 0.325 e. The Bertz CT molecular complexity index is 533. The molecule has 1 atom stereocenters. The second kappa shape index (κ2) is 9.31. The Hall–Kier alpha value is -2.22. The second-order valence-electron chi connectivity index (χ2n) is 6.92. The normalized spacial score (nSPS) is 15.4. The Kier molecular flexibility index (Phi) is 7.76. The molecule has 0 unspecified atom stereocenters. The molecule has 0 aliphatic carbocycles. The molecular formula is C17H27N3O5. The summed E-state index contributed by atoms with van der Waals surface area (Å²) in [7, 11) is 0. The fraction of sp³-hybridized carbons (Fsp3) is 0.647. The van der Waals surface area contributed by atoms with Crippen LogP contribution < -0.4 is 11.1 Å². The molecule has 0 aromatic carbocycles. The van der Waals surface area contributed by atoms with E-state index in [1.165, 1.54) is 17.1 Å². The van der Waals surface area contributed by atoms with E-state index >= 15 is 0 Å². The number of ether oxygens (including phenoxy) is 1. The SMILES string of the molecule is CC(C)(C)OC(=O)[C@@H](N)CNC(=O)CCCCCN1C(=O)C=CC1=O. The van der Waals surface area contributed by atoms with E-state index in [1.807, 2.05) is 0 Å². The lowest BCUT2D eigenvalue weighted by Gasteiger charge is -2.22. The summed E-state index contributed by atoms with van der Waals surface area (Å²) in [4.78, 5) is 47.3. The van der Waals surface area contributed by atoms with Crippen molar-refractivity contribution in [2.45, 2.75) is 58.1 Å². The zero-order valence-electron chi connectivity index (χ0n) is 15.0. The van der Waals surface area contributed by atoms with Crippen molar-refractivity contribution in [3.8, 4) is 0 Å². The molecule has 3 N–H and O–H groups in total. The maximum absolute atomic E-state index is 11.7. The summed E-state index contributed by atoms with van der Waals surface area (Å²) < 4.78 is 5.13. The Morgan fingerprint density at radius 1 is 1.16 bits per heavy atom. The molecule has 8 nitrogen and oxygen atoms in total. The van der Waals surface area contributed by atoms with Gasteiger partial charge in [0, 0.05) is 31.7 Å². The summed E-state index contributed by atoms with van der Waals surface area (Å²) in [6.45, 7) is 5.62. The molecule has 0 spiro atoms. The first-order valence-corrected chi connectivity index (χ1v) is 8.39. The van der Waals surface area contributed by atoms with Crippen molar-refractivity contribution in [3.63, 3.8) is 0 Å². The van der Waals surface area contributed by atoms with Crippen LogP contribution in [0.1, 0.15) is 46.5 Å². The van der Waals surface area contributed by atoms with Gasteiger partial charge in [0.15, 0.2) is 0 Å². The third kappa shape index (κ3) is 7.93. The summed E-state index contributed by atoms with van der Waals surface area (Å²) >= 11 is 0. The van der Waals surface area contributed by atoms with Gasteiger partial charge < -0.3 is 15.8 Å². The van der Waals surface area contributed by atoms with E-state index in [4.69, 9.17) is 10.5 Å². The second-order valence-corrected chi connectivity index (χ2v) is 6.92. The van der Waals surface area contributed by atoms with Gasteiger partial charge in [0.05, 0.1) is 0 Å². The lowest BCUT2D eigenvalue weighted by Crippen LogP contribution is -2.45. The Morgan fingerprint density at radius 2 is 1.76 bits per heavy atom. The van der Waals surface area contributed by atoms with Gasteiger partial charge in [-0.2, -0.15) is 0 Å². The van der Waals surface area contributed by atoms with E-state index in [9.17, 15) is 19.2 Å². The molecule has 0 bridgehead atoms. The molecular weight excluding hydrogens is 326 g/mol. The van der Waals surface area contributed by atoms with Crippen molar-refractivity contribution in [1.29, 1.82) is 0 Å². The highest BCUT2D eigenvalue weighted by molar-refractivity contribution is 6.12. The number of nitrogens with two attached hydrogens (primary N) is 1. The van der Waals surface area contributed by atoms with Gasteiger partial charge >= 0.3 is 5.97 Å². The molecule has 1 rings (SSSR count). The quantitative estimate of drug-likeness (QED) is 0.349. The predicted octanol–water partition coefficient (Wildman–Crippen LogP) is 0.257. The first kappa shape index (κ1) is 20.8. The number of carbonyl (C=O) groups excluding carboxylic acids is 4. The largest absolute Gasteiger partial charge is 0.459 e. The average Bonchev–Trinajstić information content (AvgIpc) is 2.82. The van der Waals surface area contributed by atoms with Crippen LogP contribution in [0.4, 0.5) is 0 Å². The zero-order valence-corrected chi connectivity index (χ0v) is 15.0. The average molecular weight is 353 g/mol. The number of nitrogens with zero attached hydrogens (tertiary/aromatic N) is 1. The van der Waals surface area contributed by atoms with Crippen LogP contribution in [-0.4, -0.2) is 53.3 Å². The van der Waals surface area contributed by atoms with Gasteiger partial charge in [0.2, 0.25) is 5.91 Å². The summed E-state index contributed by atoms with van der Waals surface area (Å²) in [6, 6.07) is -0.900. The van der Waals surface area contributed by atoms with Crippen LogP contribution >= 0.6 is 0 Å². The molecule has 0 aromatic heterocycles. The van der Waals surface area contributed by atoms with Crippen molar-refractivity contribution in [1.82, 2.24) is 10.2 Å². The van der Waals surface area contributed by atoms with Gasteiger partial charge in [-0.1, -0.05) is 6.42 Å². The van der Waals surface area contributed by atoms with E-state index in [1.54, 1.807) is 20.8 Å². The molecule has 0 aromatic rings. The van der Waals surface area contributed by atoms with Crippen molar-refractivity contribution < 1.29 is 23.9 Å². The third-order valence-electron chi connectivity index (χ3n) is 3.41. The lowest BCUT2D eigenvalue weighted by atomic mass is 10.1. The molecule has 1 heterocycles. The van der Waals surface area contributed by atoms with E-state index in [0.717, 1.165) is 0 Å². The molecule has 0 saturated carbocycles. The molecule has 0 fully saturated rings. The van der Waals surface area contributed by atoms with Crippen molar-refractivity contribution in [2.24, 2.45) is 5.73 Å². The van der Waals surface area contributed by atoms with Gasteiger partial charge in [-0.3, -0.25) is 24.1 Å². The highest BCUT2D eigenvalue weighted by atomic mass is 16.6. The van der Waals surface area contributed by atoms with Crippen molar-refractivity contribution >= 4 is 23.7 Å². The Balaban J connectivity index is 2.12. The first-order chi connectivity index (χ1) is 11.6. The topological polar surface area (TPSA) is 119 Å². The fourth-order valence-electron chi connectivity index (χ4n) is 2.16. The number of amides is 3. The van der Waals surface area contributed by atoms with Crippen LogP contribution in [0.15, 0.2) is 12.2 Å². The predicted molar refractivity (Wildman–Crippen MR) is 91.2 cm³/mol. The molecule has 25 heavy (non-hydrogen) atoms. The van der Waals surface area contributed by atoms with Crippen molar-refractivity contribution in [3.05, 3.63) is 12.2 Å². The highest BCUT2D eigenvalue weighted by Gasteiger charge is 2.23. The minimum absolute atomic E-state index is 0.0240. The third-order valence-corrected chi connectivity index (χ3v) is 3.41. The Morgan fingerprint density at radius 3 is 2.32 bits per heavy atom. The number of unbranched alkanes of at least 4 members (excludes halogenated alkanes) is 2. The summed E-state index contributed by atoms with van der Waals surface area (Å²) in [5.74, 6) is -1.34. The number of carbonyl (C=O) groups is 4. The number of imide groups is 1. The smallest absolute Gasteiger partial charge is 0.325 e. The Labute approximate surface area is 147 Å². The summed E-state index contributed by atoms with van der Waals surface area (Å²) in [5, 5.41) is 2.60. The molecule has 1 aliphatic heterocycles. The van der Waals surface area contributed by atoms with Crippen LogP contribution in [0, 0.1) is 0 Å². The number of nitrogens with one attached hydrogen (secondary N) is 1. The van der Waals surface area contributed by atoms with E-state index in [-0.39, 0.29) is 24.3 Å². The molecule has 3 amide bonds. The fourth-order valence-corrected chi connectivity index (χ4v) is 2.16. The van der Waals surface area contributed by atoms with Crippen LogP contribution in [0.2, 0.25) is 0 Å². The van der Waals surface area contributed by atoms with Gasteiger partial charge in [-0.25, -0.2) is 0 Å². The minimum Gasteiger partial charge on any atom is -0.459 e. The minimum atomic E-state index is -0.900. The standard InChI is InChI=1S/C17H27N3O5/c1-17(2,3)25-16(24)12(18)11-19-13(21)7-5-4-6-10-20-14(22)8-9-15(20)23/h8-9,12H,4-7,10-11,18H2,1-3H3,(H,19,21)/t12-/m0/s1. The highest BCUT2D eigenvalue weighted by Crippen LogP contribution is 2.08. The molecule has 0 saturated heterocycles. The molecule has 8 heteroatoms. The molecule has 0 radical (unpaired) electrons. The molecule has 140 valence electrons. The van der Waals surface area contributed by atoms with E-state index in [0.29, 0.717) is 32.2 Å². The number of hydrogen-bond acceptors (Lipinski definition) is 6. The number of esters is 1.